The summed E-state index contributed by atoms with van der Waals surface area (Å²) in [5.74, 6) is -2.65. The highest BCUT2D eigenvalue weighted by Crippen LogP contribution is 2.11. The van der Waals surface area contributed by atoms with Crippen LogP contribution in [-0.4, -0.2) is 53.0 Å². The quantitative estimate of drug-likeness (QED) is 0.235. The molecular formula is C30H42N4O5. The first kappa shape index (κ1) is 31.5. The predicted octanol–water partition coefficient (Wildman–Crippen LogP) is 2.43. The van der Waals surface area contributed by atoms with E-state index in [9.17, 15) is 24.3 Å². The zero-order valence-corrected chi connectivity index (χ0v) is 23.2. The zero-order valence-electron chi connectivity index (χ0n) is 23.2. The monoisotopic (exact) mass is 538 g/mol. The topological polar surface area (TPSA) is 151 Å². The number of benzene rings is 2. The van der Waals surface area contributed by atoms with Gasteiger partial charge in [0.05, 0.1) is 6.04 Å². The van der Waals surface area contributed by atoms with Gasteiger partial charge in [-0.2, -0.15) is 0 Å². The maximum Gasteiger partial charge on any atom is 0.326 e. The Hall–Kier alpha value is -3.72. The van der Waals surface area contributed by atoms with Gasteiger partial charge in [-0.1, -0.05) is 88.4 Å². The van der Waals surface area contributed by atoms with Crippen LogP contribution in [0, 0.1) is 11.8 Å². The van der Waals surface area contributed by atoms with Gasteiger partial charge >= 0.3 is 5.97 Å². The third-order valence-electron chi connectivity index (χ3n) is 6.21. The van der Waals surface area contributed by atoms with Crippen molar-refractivity contribution < 1.29 is 24.3 Å². The lowest BCUT2D eigenvalue weighted by Gasteiger charge is -2.26. The Balaban J connectivity index is 2.20. The van der Waals surface area contributed by atoms with Gasteiger partial charge in [0, 0.05) is 6.42 Å². The van der Waals surface area contributed by atoms with Crippen molar-refractivity contribution in [2.24, 2.45) is 17.6 Å². The number of carbonyl (C=O) groups excluding carboxylic acids is 3. The Morgan fingerprint density at radius 2 is 1.05 bits per heavy atom. The van der Waals surface area contributed by atoms with Crippen molar-refractivity contribution in [3.63, 3.8) is 0 Å². The number of rotatable bonds is 15. The summed E-state index contributed by atoms with van der Waals surface area (Å²) in [5, 5.41) is 17.7. The standard InChI is InChI=1S/C30H42N4O5/c1-19(2)15-24(28(36)34-26(30(38)39)16-20(3)4)33-29(37)25(18-22-13-9-6-10-14-22)32-27(35)23(31)17-21-11-7-5-8-12-21/h5-14,19-20,23-26H,15-18,31H2,1-4H3,(H,32,35)(H,33,37)(H,34,36)(H,38,39). The lowest BCUT2D eigenvalue weighted by molar-refractivity contribution is -0.143. The smallest absolute Gasteiger partial charge is 0.326 e. The zero-order chi connectivity index (χ0) is 28.9. The van der Waals surface area contributed by atoms with E-state index in [0.29, 0.717) is 12.8 Å². The van der Waals surface area contributed by atoms with Gasteiger partial charge in [-0.15, -0.1) is 0 Å². The second kappa shape index (κ2) is 15.6. The summed E-state index contributed by atoms with van der Waals surface area (Å²) in [7, 11) is 0. The average Bonchev–Trinajstić information content (AvgIpc) is 2.88. The van der Waals surface area contributed by atoms with Gasteiger partial charge in [-0.05, 0) is 42.2 Å². The third-order valence-corrected chi connectivity index (χ3v) is 6.21. The molecule has 4 unspecified atom stereocenters. The molecule has 0 aromatic heterocycles. The number of amides is 3. The molecule has 2 rings (SSSR count). The van der Waals surface area contributed by atoms with Crippen molar-refractivity contribution >= 4 is 23.7 Å². The van der Waals surface area contributed by atoms with E-state index in [0.717, 1.165) is 11.1 Å². The van der Waals surface area contributed by atoms with E-state index >= 15 is 0 Å². The van der Waals surface area contributed by atoms with Crippen molar-refractivity contribution in [2.45, 2.75) is 77.5 Å². The summed E-state index contributed by atoms with van der Waals surface area (Å²) in [6.07, 6.45) is 1.05. The summed E-state index contributed by atoms with van der Waals surface area (Å²) in [6, 6.07) is 14.7. The molecule has 2 aromatic rings. The number of nitrogens with one attached hydrogen (secondary N) is 3. The van der Waals surface area contributed by atoms with Crippen LogP contribution in [0.3, 0.4) is 0 Å². The van der Waals surface area contributed by atoms with Gasteiger partial charge in [0.15, 0.2) is 0 Å². The van der Waals surface area contributed by atoms with Crippen LogP contribution in [0.4, 0.5) is 0 Å². The average molecular weight is 539 g/mol. The molecule has 3 amide bonds. The lowest BCUT2D eigenvalue weighted by Crippen LogP contribution is -2.58. The van der Waals surface area contributed by atoms with E-state index in [1.54, 1.807) is 0 Å². The van der Waals surface area contributed by atoms with Crippen molar-refractivity contribution in [1.29, 1.82) is 0 Å². The first-order chi connectivity index (χ1) is 18.5. The first-order valence-corrected chi connectivity index (χ1v) is 13.4. The largest absolute Gasteiger partial charge is 0.480 e. The molecule has 6 N–H and O–H groups in total. The number of aliphatic carboxylic acids is 1. The van der Waals surface area contributed by atoms with Crippen LogP contribution in [0.15, 0.2) is 60.7 Å². The summed E-state index contributed by atoms with van der Waals surface area (Å²) in [6.45, 7) is 7.55. The molecular weight excluding hydrogens is 496 g/mol. The fourth-order valence-electron chi connectivity index (χ4n) is 4.24. The molecule has 0 aliphatic rings. The minimum Gasteiger partial charge on any atom is -0.480 e. The molecule has 0 bridgehead atoms. The van der Waals surface area contributed by atoms with E-state index in [2.05, 4.69) is 16.0 Å². The molecule has 0 radical (unpaired) electrons. The molecule has 9 nitrogen and oxygen atoms in total. The molecule has 9 heteroatoms. The molecule has 0 spiro atoms. The van der Waals surface area contributed by atoms with Crippen LogP contribution in [-0.2, 0) is 32.0 Å². The molecule has 0 saturated carbocycles. The Morgan fingerprint density at radius 1 is 0.641 bits per heavy atom. The number of carboxylic acid groups (broad SMARTS) is 1. The van der Waals surface area contributed by atoms with E-state index in [-0.39, 0.29) is 24.7 Å². The van der Waals surface area contributed by atoms with Crippen molar-refractivity contribution in [3.05, 3.63) is 71.8 Å². The van der Waals surface area contributed by atoms with Crippen LogP contribution in [0.5, 0.6) is 0 Å². The number of nitrogens with two attached hydrogens (primary N) is 1. The molecule has 4 atom stereocenters. The van der Waals surface area contributed by atoms with Crippen LogP contribution in [0.25, 0.3) is 0 Å². The molecule has 39 heavy (non-hydrogen) atoms. The maximum atomic E-state index is 13.5. The normalized spacial score (nSPS) is 14.2. The number of carbonyl (C=O) groups is 4. The minimum absolute atomic E-state index is 0.0379. The number of hydrogen-bond donors (Lipinski definition) is 5. The minimum atomic E-state index is -1.13. The fraction of sp³-hybridized carbons (Fsp3) is 0.467. The second-order valence-corrected chi connectivity index (χ2v) is 10.8. The highest BCUT2D eigenvalue weighted by Gasteiger charge is 2.31. The molecule has 212 valence electrons. The number of hydrogen-bond acceptors (Lipinski definition) is 5. The van der Waals surface area contributed by atoms with Gasteiger partial charge in [0.25, 0.3) is 0 Å². The lowest BCUT2D eigenvalue weighted by atomic mass is 9.99. The summed E-state index contributed by atoms with van der Waals surface area (Å²) < 4.78 is 0. The van der Waals surface area contributed by atoms with Gasteiger partial charge in [-0.3, -0.25) is 14.4 Å². The third kappa shape index (κ3) is 11.3. The van der Waals surface area contributed by atoms with Gasteiger partial charge in [0.1, 0.15) is 18.1 Å². The second-order valence-electron chi connectivity index (χ2n) is 10.8. The Morgan fingerprint density at radius 3 is 1.54 bits per heavy atom. The van der Waals surface area contributed by atoms with Crippen molar-refractivity contribution in [3.8, 4) is 0 Å². The van der Waals surface area contributed by atoms with Crippen LogP contribution in [0.2, 0.25) is 0 Å². The van der Waals surface area contributed by atoms with E-state index in [1.807, 2.05) is 88.4 Å². The molecule has 0 fully saturated rings. The van der Waals surface area contributed by atoms with Crippen LogP contribution in [0.1, 0.15) is 51.7 Å². The van der Waals surface area contributed by atoms with Crippen molar-refractivity contribution in [2.75, 3.05) is 0 Å². The van der Waals surface area contributed by atoms with E-state index in [1.165, 1.54) is 0 Å². The van der Waals surface area contributed by atoms with Gasteiger partial charge in [-0.25, -0.2) is 4.79 Å². The highest BCUT2D eigenvalue weighted by molar-refractivity contribution is 5.94. The predicted molar refractivity (Wildman–Crippen MR) is 151 cm³/mol. The maximum absolute atomic E-state index is 13.5. The summed E-state index contributed by atoms with van der Waals surface area (Å²) >= 11 is 0. The molecule has 0 aliphatic heterocycles. The van der Waals surface area contributed by atoms with E-state index < -0.39 is 47.9 Å². The summed E-state index contributed by atoms with van der Waals surface area (Å²) in [4.78, 5) is 51.3. The Labute approximate surface area is 230 Å². The highest BCUT2D eigenvalue weighted by atomic mass is 16.4. The molecule has 0 aliphatic carbocycles. The molecule has 2 aromatic carbocycles. The Kier molecular flexibility index (Phi) is 12.6. The van der Waals surface area contributed by atoms with Gasteiger partial charge in [0.2, 0.25) is 17.7 Å². The molecule has 0 heterocycles. The Bertz CT molecular complexity index is 1080. The van der Waals surface area contributed by atoms with Crippen molar-refractivity contribution in [1.82, 2.24) is 16.0 Å². The number of carboxylic acids is 1. The van der Waals surface area contributed by atoms with Crippen LogP contribution >= 0.6 is 0 Å². The van der Waals surface area contributed by atoms with Crippen LogP contribution < -0.4 is 21.7 Å². The fourth-order valence-corrected chi connectivity index (χ4v) is 4.24. The SMILES string of the molecule is CC(C)CC(NC(=O)C(CC(C)C)NC(=O)C(Cc1ccccc1)NC(=O)C(N)Cc1ccccc1)C(=O)O. The first-order valence-electron chi connectivity index (χ1n) is 13.4. The summed E-state index contributed by atoms with van der Waals surface area (Å²) in [5.41, 5.74) is 7.88. The van der Waals surface area contributed by atoms with Gasteiger partial charge < -0.3 is 26.8 Å². The van der Waals surface area contributed by atoms with E-state index in [4.69, 9.17) is 5.73 Å². The molecule has 0 saturated heterocycles.